The molecule has 0 bridgehead atoms. The van der Waals surface area contributed by atoms with E-state index in [0.717, 1.165) is 12.0 Å². The highest BCUT2D eigenvalue weighted by atomic mass is 16.5. The fraction of sp³-hybridized carbons (Fsp3) is 0.333. The Morgan fingerprint density at radius 2 is 1.78 bits per heavy atom. The van der Waals surface area contributed by atoms with Crippen molar-refractivity contribution in [2.75, 3.05) is 14.2 Å². The van der Waals surface area contributed by atoms with Crippen molar-refractivity contribution in [2.24, 2.45) is 0 Å². The normalized spacial score (nSPS) is 19.1. The summed E-state index contributed by atoms with van der Waals surface area (Å²) in [5.41, 5.74) is 0.477. The molecular weight excluding hydrogens is 344 g/mol. The van der Waals surface area contributed by atoms with Crippen LogP contribution in [0.15, 0.2) is 48.5 Å². The van der Waals surface area contributed by atoms with Gasteiger partial charge in [-0.15, -0.1) is 0 Å². The number of nitrogens with one attached hydrogen (secondary N) is 1. The molecule has 142 valence electrons. The SMILES string of the molecule is CCC[C@]1(c2ccccc2)NC(=O)N(Cc2cc(OC)ccc2OC)C1=O. The number of carbonyl (C=O) groups is 2. The van der Waals surface area contributed by atoms with Crippen LogP contribution in [0.1, 0.15) is 30.9 Å². The Hall–Kier alpha value is -3.02. The van der Waals surface area contributed by atoms with Crippen molar-refractivity contribution in [1.82, 2.24) is 10.2 Å². The molecule has 0 radical (unpaired) electrons. The number of rotatable bonds is 7. The highest BCUT2D eigenvalue weighted by Crippen LogP contribution is 2.35. The van der Waals surface area contributed by atoms with Crippen molar-refractivity contribution in [3.63, 3.8) is 0 Å². The largest absolute Gasteiger partial charge is 0.497 e. The zero-order valence-electron chi connectivity index (χ0n) is 15.8. The summed E-state index contributed by atoms with van der Waals surface area (Å²) < 4.78 is 10.6. The number of imide groups is 1. The molecule has 0 saturated carbocycles. The lowest BCUT2D eigenvalue weighted by Crippen LogP contribution is -2.43. The van der Waals surface area contributed by atoms with Crippen LogP contribution < -0.4 is 14.8 Å². The smallest absolute Gasteiger partial charge is 0.325 e. The summed E-state index contributed by atoms with van der Waals surface area (Å²) in [6.45, 7) is 2.11. The van der Waals surface area contributed by atoms with E-state index in [9.17, 15) is 9.59 Å². The Labute approximate surface area is 159 Å². The monoisotopic (exact) mass is 368 g/mol. The van der Waals surface area contributed by atoms with Gasteiger partial charge in [0.15, 0.2) is 0 Å². The number of carbonyl (C=O) groups excluding carboxylic acids is 2. The summed E-state index contributed by atoms with van der Waals surface area (Å²) in [7, 11) is 3.13. The van der Waals surface area contributed by atoms with Gasteiger partial charge < -0.3 is 14.8 Å². The zero-order valence-corrected chi connectivity index (χ0v) is 15.8. The maximum Gasteiger partial charge on any atom is 0.325 e. The summed E-state index contributed by atoms with van der Waals surface area (Å²) in [6, 6.07) is 14.3. The number of urea groups is 1. The Balaban J connectivity index is 1.97. The van der Waals surface area contributed by atoms with E-state index in [1.807, 2.05) is 37.3 Å². The number of hydrogen-bond donors (Lipinski definition) is 1. The summed E-state index contributed by atoms with van der Waals surface area (Å²) >= 11 is 0. The van der Waals surface area contributed by atoms with Crippen molar-refractivity contribution >= 4 is 11.9 Å². The van der Waals surface area contributed by atoms with E-state index in [1.54, 1.807) is 32.4 Å². The molecule has 0 unspecified atom stereocenters. The number of methoxy groups -OCH3 is 2. The van der Waals surface area contributed by atoms with Crippen LogP contribution in [0.2, 0.25) is 0 Å². The van der Waals surface area contributed by atoms with Gasteiger partial charge >= 0.3 is 6.03 Å². The minimum absolute atomic E-state index is 0.114. The molecule has 0 spiro atoms. The van der Waals surface area contributed by atoms with Crippen LogP contribution in [0.3, 0.4) is 0 Å². The Kier molecular flexibility index (Phi) is 5.35. The fourth-order valence-corrected chi connectivity index (χ4v) is 3.55. The topological polar surface area (TPSA) is 67.9 Å². The molecule has 6 nitrogen and oxygen atoms in total. The van der Waals surface area contributed by atoms with Crippen LogP contribution in [0, 0.1) is 0 Å². The maximum atomic E-state index is 13.4. The van der Waals surface area contributed by atoms with Gasteiger partial charge in [-0.05, 0) is 30.2 Å². The Bertz CT molecular complexity index is 837. The van der Waals surface area contributed by atoms with Crippen molar-refractivity contribution in [3.05, 3.63) is 59.7 Å². The lowest BCUT2D eigenvalue weighted by Gasteiger charge is -2.27. The van der Waals surface area contributed by atoms with Crippen LogP contribution in [0.4, 0.5) is 4.79 Å². The van der Waals surface area contributed by atoms with Gasteiger partial charge in [0, 0.05) is 5.56 Å². The molecule has 1 atom stereocenters. The predicted molar refractivity (Wildman–Crippen MR) is 102 cm³/mol. The first kappa shape index (κ1) is 18.8. The molecule has 0 aliphatic carbocycles. The Morgan fingerprint density at radius 3 is 2.41 bits per heavy atom. The number of benzene rings is 2. The van der Waals surface area contributed by atoms with Gasteiger partial charge in [0.25, 0.3) is 5.91 Å². The molecule has 1 aliphatic heterocycles. The minimum Gasteiger partial charge on any atom is -0.497 e. The fourth-order valence-electron chi connectivity index (χ4n) is 3.55. The van der Waals surface area contributed by atoms with Crippen molar-refractivity contribution in [1.29, 1.82) is 0 Å². The van der Waals surface area contributed by atoms with E-state index in [0.29, 0.717) is 23.5 Å². The predicted octanol–water partition coefficient (Wildman–Crippen LogP) is 3.45. The summed E-state index contributed by atoms with van der Waals surface area (Å²) in [4.78, 5) is 27.3. The van der Waals surface area contributed by atoms with E-state index < -0.39 is 11.6 Å². The van der Waals surface area contributed by atoms with Gasteiger partial charge in [0.2, 0.25) is 0 Å². The zero-order chi connectivity index (χ0) is 19.4. The molecule has 1 heterocycles. The van der Waals surface area contributed by atoms with Gasteiger partial charge in [0.1, 0.15) is 17.0 Å². The van der Waals surface area contributed by atoms with E-state index in [4.69, 9.17) is 9.47 Å². The average molecular weight is 368 g/mol. The number of amides is 3. The first-order valence-electron chi connectivity index (χ1n) is 8.96. The van der Waals surface area contributed by atoms with E-state index in [2.05, 4.69) is 5.32 Å². The second-order valence-corrected chi connectivity index (χ2v) is 6.52. The Morgan fingerprint density at radius 1 is 1.04 bits per heavy atom. The standard InChI is InChI=1S/C21H24N2O4/c1-4-12-21(16-8-6-5-7-9-16)19(24)23(20(25)22-21)14-15-13-17(26-2)10-11-18(15)27-3/h5-11,13H,4,12,14H2,1-3H3,(H,22,25)/t21-/m1/s1. The molecule has 6 heteroatoms. The first-order valence-corrected chi connectivity index (χ1v) is 8.96. The van der Waals surface area contributed by atoms with Crippen LogP contribution in [0.5, 0.6) is 11.5 Å². The molecule has 3 rings (SSSR count). The third-order valence-electron chi connectivity index (χ3n) is 4.88. The summed E-state index contributed by atoms with van der Waals surface area (Å²) in [5.74, 6) is 0.996. The third-order valence-corrected chi connectivity index (χ3v) is 4.88. The molecule has 1 aliphatic rings. The molecule has 2 aromatic rings. The maximum absolute atomic E-state index is 13.4. The van der Waals surface area contributed by atoms with Crippen molar-refractivity contribution in [3.8, 4) is 11.5 Å². The van der Waals surface area contributed by atoms with Gasteiger partial charge in [-0.2, -0.15) is 0 Å². The van der Waals surface area contributed by atoms with Gasteiger partial charge in [-0.1, -0.05) is 43.7 Å². The molecule has 27 heavy (non-hydrogen) atoms. The highest BCUT2D eigenvalue weighted by Gasteiger charge is 2.51. The third kappa shape index (κ3) is 3.35. The lowest BCUT2D eigenvalue weighted by atomic mass is 9.85. The highest BCUT2D eigenvalue weighted by molar-refractivity contribution is 6.07. The molecule has 1 N–H and O–H groups in total. The second-order valence-electron chi connectivity index (χ2n) is 6.52. The van der Waals surface area contributed by atoms with Gasteiger partial charge in [0.05, 0.1) is 20.8 Å². The number of nitrogens with zero attached hydrogens (tertiary/aromatic N) is 1. The van der Waals surface area contributed by atoms with E-state index in [-0.39, 0.29) is 12.5 Å². The van der Waals surface area contributed by atoms with Crippen LogP contribution in [-0.4, -0.2) is 31.1 Å². The summed E-state index contributed by atoms with van der Waals surface area (Å²) in [6.07, 6.45) is 1.30. The minimum atomic E-state index is -1.03. The number of ether oxygens (including phenoxy) is 2. The molecule has 1 saturated heterocycles. The van der Waals surface area contributed by atoms with E-state index >= 15 is 0 Å². The lowest BCUT2D eigenvalue weighted by molar-refractivity contribution is -0.132. The molecular formula is C21H24N2O4. The first-order chi connectivity index (χ1) is 13.1. The molecule has 3 amide bonds. The van der Waals surface area contributed by atoms with Crippen LogP contribution in [0.25, 0.3) is 0 Å². The summed E-state index contributed by atoms with van der Waals surface area (Å²) in [5, 5.41) is 2.94. The molecule has 2 aromatic carbocycles. The van der Waals surface area contributed by atoms with Crippen LogP contribution >= 0.6 is 0 Å². The molecule has 1 fully saturated rings. The molecule has 0 aromatic heterocycles. The quantitative estimate of drug-likeness (QED) is 0.760. The number of hydrogen-bond acceptors (Lipinski definition) is 4. The van der Waals surface area contributed by atoms with Gasteiger partial charge in [-0.25, -0.2) is 4.79 Å². The van der Waals surface area contributed by atoms with Crippen LogP contribution in [-0.2, 0) is 16.9 Å². The van der Waals surface area contributed by atoms with Crippen molar-refractivity contribution in [2.45, 2.75) is 31.8 Å². The average Bonchev–Trinajstić information content (AvgIpc) is 2.94. The van der Waals surface area contributed by atoms with E-state index in [1.165, 1.54) is 4.90 Å². The van der Waals surface area contributed by atoms with Crippen molar-refractivity contribution < 1.29 is 19.1 Å². The second kappa shape index (κ2) is 7.70. The van der Waals surface area contributed by atoms with Gasteiger partial charge in [-0.3, -0.25) is 9.69 Å².